The van der Waals surface area contributed by atoms with E-state index in [0.717, 1.165) is 5.56 Å². The van der Waals surface area contributed by atoms with Crippen LogP contribution in [0.5, 0.6) is 11.5 Å². The van der Waals surface area contributed by atoms with Crippen LogP contribution in [0, 0.1) is 12.3 Å². The van der Waals surface area contributed by atoms with Crippen LogP contribution < -0.4 is 14.8 Å². The summed E-state index contributed by atoms with van der Waals surface area (Å²) >= 11 is 0. The number of nitrogens with one attached hydrogen (secondary N) is 1. The summed E-state index contributed by atoms with van der Waals surface area (Å²) in [6, 6.07) is 5.50. The zero-order valence-corrected chi connectivity index (χ0v) is 12.9. The Bertz CT molecular complexity index is 536. The Hall–Kier alpha value is -2.19. The van der Waals surface area contributed by atoms with Gasteiger partial charge in [-0.3, -0.25) is 10.1 Å². The minimum atomic E-state index is -0.902. The van der Waals surface area contributed by atoms with E-state index in [9.17, 15) is 4.79 Å². The van der Waals surface area contributed by atoms with Crippen molar-refractivity contribution < 1.29 is 19.0 Å². The number of methoxy groups -OCH3 is 3. The molecule has 0 saturated heterocycles. The molecular formula is C16H21NO4. The number of carbonyl (C=O) groups excluding carboxylic acids is 1. The third kappa shape index (κ3) is 4.14. The van der Waals surface area contributed by atoms with Crippen LogP contribution in [0.4, 0.5) is 0 Å². The number of carbonyl (C=O) groups is 1. The summed E-state index contributed by atoms with van der Waals surface area (Å²) in [6.45, 7) is 2.03. The molecule has 0 saturated carbocycles. The smallest absolute Gasteiger partial charge is 0.326 e. The van der Waals surface area contributed by atoms with Gasteiger partial charge in [0.2, 0.25) is 0 Å². The molecule has 0 aromatic heterocycles. The predicted molar refractivity (Wildman–Crippen MR) is 80.5 cm³/mol. The first-order valence-corrected chi connectivity index (χ1v) is 6.48. The first kappa shape index (κ1) is 16.9. The fraction of sp³-hybridized carbons (Fsp3) is 0.438. The van der Waals surface area contributed by atoms with Crippen LogP contribution in [0.2, 0.25) is 0 Å². The fourth-order valence-corrected chi connectivity index (χ4v) is 2.08. The number of esters is 1. The number of hydrogen-bond acceptors (Lipinski definition) is 5. The monoisotopic (exact) mass is 291 g/mol. The summed E-state index contributed by atoms with van der Waals surface area (Å²) in [5.74, 6) is 3.34. The lowest BCUT2D eigenvalue weighted by Gasteiger charge is -2.27. The molecule has 1 rings (SSSR count). The van der Waals surface area contributed by atoms with E-state index in [4.69, 9.17) is 20.6 Å². The van der Waals surface area contributed by atoms with Crippen molar-refractivity contribution in [3.8, 4) is 23.8 Å². The molecule has 0 bridgehead atoms. The Morgan fingerprint density at radius 2 is 1.95 bits per heavy atom. The zero-order valence-electron chi connectivity index (χ0n) is 12.9. The van der Waals surface area contributed by atoms with E-state index in [1.807, 2.05) is 12.1 Å². The first-order valence-electron chi connectivity index (χ1n) is 6.48. The lowest BCUT2D eigenvalue weighted by molar-refractivity contribution is -0.147. The average Bonchev–Trinajstić information content (AvgIpc) is 2.51. The number of ether oxygens (including phenoxy) is 3. The Labute approximate surface area is 125 Å². The van der Waals surface area contributed by atoms with Gasteiger partial charge in [-0.05, 0) is 24.6 Å². The normalized spacial score (nSPS) is 12.9. The van der Waals surface area contributed by atoms with Crippen LogP contribution in [0.25, 0.3) is 0 Å². The van der Waals surface area contributed by atoms with Crippen molar-refractivity contribution >= 4 is 5.97 Å². The molecule has 1 aromatic carbocycles. The maximum absolute atomic E-state index is 12.0. The molecule has 1 atom stereocenters. The molecule has 114 valence electrons. The summed E-state index contributed by atoms with van der Waals surface area (Å²) in [5.41, 5.74) is 0.00541. The minimum Gasteiger partial charge on any atom is -0.493 e. The standard InChI is InChI=1S/C16H21NO4/c1-6-9-17-16(2,15(18)21-5)11-12-7-8-13(19-3)14(10-12)20-4/h1,7-8,10,17H,9,11H2,2-5H3. The maximum atomic E-state index is 12.0. The SMILES string of the molecule is C#CCNC(C)(Cc1ccc(OC)c(OC)c1)C(=O)OC. The Balaban J connectivity index is 3.03. The lowest BCUT2D eigenvalue weighted by Crippen LogP contribution is -2.52. The highest BCUT2D eigenvalue weighted by molar-refractivity contribution is 5.80. The summed E-state index contributed by atoms with van der Waals surface area (Å²) in [4.78, 5) is 12.0. The molecule has 0 heterocycles. The molecule has 0 fully saturated rings. The highest BCUT2D eigenvalue weighted by atomic mass is 16.5. The van der Waals surface area contributed by atoms with Gasteiger partial charge in [-0.1, -0.05) is 12.0 Å². The van der Waals surface area contributed by atoms with E-state index in [2.05, 4.69) is 11.2 Å². The number of benzene rings is 1. The van der Waals surface area contributed by atoms with Crippen molar-refractivity contribution in [3.63, 3.8) is 0 Å². The minimum absolute atomic E-state index is 0.277. The molecule has 0 aliphatic heterocycles. The molecule has 5 heteroatoms. The second-order valence-corrected chi connectivity index (χ2v) is 4.75. The van der Waals surface area contributed by atoms with Gasteiger partial charge in [-0.15, -0.1) is 6.42 Å². The predicted octanol–water partition coefficient (Wildman–Crippen LogP) is 1.40. The molecule has 5 nitrogen and oxygen atoms in total. The van der Waals surface area contributed by atoms with Crippen LogP contribution in [0.3, 0.4) is 0 Å². The third-order valence-corrected chi connectivity index (χ3v) is 3.22. The second-order valence-electron chi connectivity index (χ2n) is 4.75. The maximum Gasteiger partial charge on any atom is 0.326 e. The van der Waals surface area contributed by atoms with Gasteiger partial charge >= 0.3 is 5.97 Å². The molecule has 0 radical (unpaired) electrons. The number of rotatable bonds is 7. The zero-order chi connectivity index (χ0) is 15.9. The Morgan fingerprint density at radius 1 is 1.29 bits per heavy atom. The topological polar surface area (TPSA) is 56.8 Å². The van der Waals surface area contributed by atoms with E-state index in [1.165, 1.54) is 7.11 Å². The lowest BCUT2D eigenvalue weighted by atomic mass is 9.92. The van der Waals surface area contributed by atoms with Gasteiger partial charge in [0.15, 0.2) is 11.5 Å². The molecule has 1 unspecified atom stereocenters. The van der Waals surface area contributed by atoms with Gasteiger partial charge in [0.05, 0.1) is 27.9 Å². The van der Waals surface area contributed by atoms with Crippen LogP contribution in [-0.4, -0.2) is 39.4 Å². The number of hydrogen-bond donors (Lipinski definition) is 1. The van der Waals surface area contributed by atoms with Crippen LogP contribution in [0.15, 0.2) is 18.2 Å². The first-order chi connectivity index (χ1) is 10.0. The Kier molecular flexibility index (Phi) is 6.07. The van der Waals surface area contributed by atoms with Crippen LogP contribution in [-0.2, 0) is 16.0 Å². The largest absolute Gasteiger partial charge is 0.493 e. The third-order valence-electron chi connectivity index (χ3n) is 3.22. The highest BCUT2D eigenvalue weighted by Crippen LogP contribution is 2.29. The van der Waals surface area contributed by atoms with Crippen molar-refractivity contribution in [1.82, 2.24) is 5.32 Å². The van der Waals surface area contributed by atoms with E-state index in [1.54, 1.807) is 27.2 Å². The summed E-state index contributed by atoms with van der Waals surface area (Å²) in [6.07, 6.45) is 5.67. The van der Waals surface area contributed by atoms with Gasteiger partial charge in [-0.2, -0.15) is 0 Å². The van der Waals surface area contributed by atoms with Crippen molar-refractivity contribution in [2.24, 2.45) is 0 Å². The van der Waals surface area contributed by atoms with Crippen molar-refractivity contribution in [1.29, 1.82) is 0 Å². The van der Waals surface area contributed by atoms with Gasteiger partial charge < -0.3 is 14.2 Å². The van der Waals surface area contributed by atoms with Crippen molar-refractivity contribution in [3.05, 3.63) is 23.8 Å². The highest BCUT2D eigenvalue weighted by Gasteiger charge is 2.34. The summed E-state index contributed by atoms with van der Waals surface area (Å²) in [5, 5.41) is 3.03. The molecular weight excluding hydrogens is 270 g/mol. The van der Waals surface area contributed by atoms with Gasteiger partial charge in [-0.25, -0.2) is 0 Å². The average molecular weight is 291 g/mol. The van der Waals surface area contributed by atoms with Crippen molar-refractivity contribution in [2.45, 2.75) is 18.9 Å². The van der Waals surface area contributed by atoms with Crippen LogP contribution in [0.1, 0.15) is 12.5 Å². The van der Waals surface area contributed by atoms with Gasteiger partial charge in [0.25, 0.3) is 0 Å². The van der Waals surface area contributed by atoms with Gasteiger partial charge in [0, 0.05) is 6.42 Å². The van der Waals surface area contributed by atoms with Gasteiger partial charge in [0.1, 0.15) is 5.54 Å². The number of terminal acetylenes is 1. The van der Waals surface area contributed by atoms with E-state index in [0.29, 0.717) is 17.9 Å². The van der Waals surface area contributed by atoms with E-state index in [-0.39, 0.29) is 12.5 Å². The molecule has 0 aliphatic rings. The van der Waals surface area contributed by atoms with Crippen molar-refractivity contribution in [2.75, 3.05) is 27.9 Å². The molecule has 1 aromatic rings. The summed E-state index contributed by atoms with van der Waals surface area (Å²) in [7, 11) is 4.50. The second kappa shape index (κ2) is 7.55. The quantitative estimate of drug-likeness (QED) is 0.608. The fourth-order valence-electron chi connectivity index (χ4n) is 2.08. The van der Waals surface area contributed by atoms with Crippen LogP contribution >= 0.6 is 0 Å². The molecule has 0 aliphatic carbocycles. The summed E-state index contributed by atoms with van der Waals surface area (Å²) < 4.78 is 15.3. The molecule has 0 amide bonds. The molecule has 1 N–H and O–H groups in total. The van der Waals surface area contributed by atoms with E-state index < -0.39 is 5.54 Å². The molecule has 0 spiro atoms. The molecule has 21 heavy (non-hydrogen) atoms. The Morgan fingerprint density at radius 3 is 2.48 bits per heavy atom. The van der Waals surface area contributed by atoms with E-state index >= 15 is 0 Å².